The highest BCUT2D eigenvalue weighted by molar-refractivity contribution is 5.77. The lowest BCUT2D eigenvalue weighted by Crippen LogP contribution is -2.00. The number of anilines is 1. The van der Waals surface area contributed by atoms with Crippen molar-refractivity contribution in [2.45, 2.75) is 18.8 Å². The second-order valence-electron chi connectivity index (χ2n) is 5.10. The van der Waals surface area contributed by atoms with Crippen molar-refractivity contribution < 1.29 is 9.47 Å². The third-order valence-electron chi connectivity index (χ3n) is 3.78. The Balaban J connectivity index is 2.14. The number of ether oxygens (including phenoxy) is 2. The molecule has 0 unspecified atom stereocenters. The van der Waals surface area contributed by atoms with Crippen LogP contribution >= 0.6 is 0 Å². The Morgan fingerprint density at radius 1 is 1.25 bits per heavy atom. The molecule has 5 heteroatoms. The van der Waals surface area contributed by atoms with Gasteiger partial charge in [-0.1, -0.05) is 0 Å². The normalized spacial score (nSPS) is 14.3. The van der Waals surface area contributed by atoms with Crippen LogP contribution < -0.4 is 15.2 Å². The van der Waals surface area contributed by atoms with Crippen molar-refractivity contribution in [2.75, 3.05) is 20.0 Å². The van der Waals surface area contributed by atoms with E-state index in [0.717, 1.165) is 28.6 Å². The van der Waals surface area contributed by atoms with Crippen molar-refractivity contribution in [3.8, 4) is 22.8 Å². The van der Waals surface area contributed by atoms with E-state index in [2.05, 4.69) is 0 Å². The Kier molecular flexibility index (Phi) is 3.04. The fraction of sp³-hybridized carbons (Fsp3) is 0.400. The van der Waals surface area contributed by atoms with E-state index in [4.69, 9.17) is 20.2 Å². The number of hydrogen-bond acceptors (Lipinski definition) is 4. The molecule has 0 aliphatic heterocycles. The molecule has 5 nitrogen and oxygen atoms in total. The van der Waals surface area contributed by atoms with E-state index >= 15 is 0 Å². The zero-order valence-corrected chi connectivity index (χ0v) is 12.0. The molecule has 1 heterocycles. The molecule has 0 saturated heterocycles. The molecule has 0 spiro atoms. The minimum Gasteiger partial charge on any atom is -0.497 e. The Morgan fingerprint density at radius 2 is 2.00 bits per heavy atom. The van der Waals surface area contributed by atoms with Gasteiger partial charge < -0.3 is 19.8 Å². The summed E-state index contributed by atoms with van der Waals surface area (Å²) in [4.78, 5) is 4.73. The molecule has 1 aliphatic rings. The van der Waals surface area contributed by atoms with Gasteiger partial charge in [0, 0.05) is 18.5 Å². The van der Waals surface area contributed by atoms with Gasteiger partial charge in [0.25, 0.3) is 0 Å². The maximum atomic E-state index is 6.22. The maximum Gasteiger partial charge on any atom is 0.131 e. The highest BCUT2D eigenvalue weighted by Crippen LogP contribution is 2.43. The second-order valence-corrected chi connectivity index (χ2v) is 5.10. The lowest BCUT2D eigenvalue weighted by molar-refractivity contribution is 0.404. The van der Waals surface area contributed by atoms with Gasteiger partial charge in [-0.25, -0.2) is 4.98 Å². The average molecular weight is 273 g/mol. The number of nitrogens with two attached hydrogens (primary N) is 1. The predicted molar refractivity (Wildman–Crippen MR) is 78.1 cm³/mol. The molecule has 106 valence electrons. The Morgan fingerprint density at radius 3 is 2.60 bits per heavy atom. The first kappa shape index (κ1) is 12.8. The van der Waals surface area contributed by atoms with Crippen LogP contribution in [0, 0.1) is 0 Å². The maximum absolute atomic E-state index is 6.22. The summed E-state index contributed by atoms with van der Waals surface area (Å²) < 4.78 is 12.7. The number of methoxy groups -OCH3 is 2. The molecule has 1 aromatic heterocycles. The number of rotatable bonds is 4. The second kappa shape index (κ2) is 4.74. The summed E-state index contributed by atoms with van der Waals surface area (Å²) in [7, 11) is 5.25. The largest absolute Gasteiger partial charge is 0.497 e. The minimum absolute atomic E-state index is 0.549. The molecule has 0 bridgehead atoms. The van der Waals surface area contributed by atoms with Crippen LogP contribution in [0.5, 0.6) is 11.5 Å². The van der Waals surface area contributed by atoms with Crippen molar-refractivity contribution in [3.05, 3.63) is 24.0 Å². The molecule has 20 heavy (non-hydrogen) atoms. The van der Waals surface area contributed by atoms with Crippen molar-refractivity contribution in [3.63, 3.8) is 0 Å². The third-order valence-corrected chi connectivity index (χ3v) is 3.78. The number of nitrogens with zero attached hydrogens (tertiary/aromatic N) is 2. The Bertz CT molecular complexity index is 645. The molecular weight excluding hydrogens is 254 g/mol. The first-order chi connectivity index (χ1) is 9.65. The van der Waals surface area contributed by atoms with Crippen LogP contribution in [0.15, 0.2) is 18.2 Å². The quantitative estimate of drug-likeness (QED) is 0.930. The fourth-order valence-electron chi connectivity index (χ4n) is 2.43. The van der Waals surface area contributed by atoms with Gasteiger partial charge >= 0.3 is 0 Å². The number of nitrogen functional groups attached to an aromatic ring is 1. The van der Waals surface area contributed by atoms with Crippen LogP contribution in [-0.4, -0.2) is 23.8 Å². The van der Waals surface area contributed by atoms with Crippen LogP contribution in [0.1, 0.15) is 24.6 Å². The molecule has 0 radical (unpaired) electrons. The number of aromatic nitrogens is 2. The molecule has 2 aromatic rings. The molecule has 3 rings (SSSR count). The lowest BCUT2D eigenvalue weighted by Gasteiger charge is -2.09. The van der Waals surface area contributed by atoms with Crippen LogP contribution in [0.2, 0.25) is 0 Å². The fourth-order valence-corrected chi connectivity index (χ4v) is 2.43. The van der Waals surface area contributed by atoms with Crippen LogP contribution in [-0.2, 0) is 7.05 Å². The smallest absolute Gasteiger partial charge is 0.131 e. The average Bonchev–Trinajstić information content (AvgIpc) is 3.27. The van der Waals surface area contributed by atoms with Crippen LogP contribution in [0.25, 0.3) is 11.3 Å². The number of imidazole rings is 1. The van der Waals surface area contributed by atoms with Gasteiger partial charge in [0.05, 0.1) is 14.2 Å². The summed E-state index contributed by atoms with van der Waals surface area (Å²) in [6.07, 6.45) is 2.39. The van der Waals surface area contributed by atoms with E-state index in [9.17, 15) is 0 Å². The lowest BCUT2D eigenvalue weighted by atomic mass is 10.1. The summed E-state index contributed by atoms with van der Waals surface area (Å²) in [6.45, 7) is 0. The van der Waals surface area contributed by atoms with Gasteiger partial charge in [-0.3, -0.25) is 0 Å². The molecule has 2 N–H and O–H groups in total. The van der Waals surface area contributed by atoms with Crippen molar-refractivity contribution >= 4 is 5.82 Å². The molecule has 1 aliphatic carbocycles. The van der Waals surface area contributed by atoms with Gasteiger partial charge in [-0.05, 0) is 31.0 Å². The van der Waals surface area contributed by atoms with Crippen molar-refractivity contribution in [2.24, 2.45) is 7.05 Å². The summed E-state index contributed by atoms with van der Waals surface area (Å²) in [5.41, 5.74) is 7.86. The highest BCUT2D eigenvalue weighted by Gasteiger charge is 2.30. The molecule has 1 fully saturated rings. The minimum atomic E-state index is 0.549. The van der Waals surface area contributed by atoms with Gasteiger partial charge in [0.2, 0.25) is 0 Å². The summed E-state index contributed by atoms with van der Waals surface area (Å²) in [5, 5.41) is 0. The van der Waals surface area contributed by atoms with Gasteiger partial charge in [-0.15, -0.1) is 0 Å². The SMILES string of the molecule is COc1ccc(OC)c(-c2nc(C3CC3)n(C)c2N)c1. The zero-order chi connectivity index (χ0) is 14.3. The first-order valence-corrected chi connectivity index (χ1v) is 6.70. The van der Waals surface area contributed by atoms with Crippen molar-refractivity contribution in [1.29, 1.82) is 0 Å². The van der Waals surface area contributed by atoms with Crippen molar-refractivity contribution in [1.82, 2.24) is 9.55 Å². The topological polar surface area (TPSA) is 62.3 Å². The van der Waals surface area contributed by atoms with E-state index in [-0.39, 0.29) is 0 Å². The van der Waals surface area contributed by atoms with E-state index < -0.39 is 0 Å². The van der Waals surface area contributed by atoms with E-state index in [1.54, 1.807) is 14.2 Å². The van der Waals surface area contributed by atoms with E-state index in [1.165, 1.54) is 12.8 Å². The third kappa shape index (κ3) is 1.99. The number of hydrogen-bond donors (Lipinski definition) is 1. The number of benzene rings is 1. The Labute approximate surface area is 118 Å². The van der Waals surface area contributed by atoms with Gasteiger partial charge in [0.15, 0.2) is 0 Å². The molecule has 1 aromatic carbocycles. The molecule has 1 saturated carbocycles. The van der Waals surface area contributed by atoms with Crippen LogP contribution in [0.4, 0.5) is 5.82 Å². The zero-order valence-electron chi connectivity index (χ0n) is 12.0. The van der Waals surface area contributed by atoms with Crippen LogP contribution in [0.3, 0.4) is 0 Å². The first-order valence-electron chi connectivity index (χ1n) is 6.70. The predicted octanol–water partition coefficient (Wildman–Crippen LogP) is 2.56. The molecule has 0 amide bonds. The summed E-state index contributed by atoms with van der Waals surface area (Å²) in [6, 6.07) is 5.65. The Hall–Kier alpha value is -2.17. The summed E-state index contributed by atoms with van der Waals surface area (Å²) >= 11 is 0. The van der Waals surface area contributed by atoms with Gasteiger partial charge in [-0.2, -0.15) is 0 Å². The monoisotopic (exact) mass is 273 g/mol. The van der Waals surface area contributed by atoms with E-state index in [1.807, 2.05) is 29.8 Å². The van der Waals surface area contributed by atoms with Gasteiger partial charge in [0.1, 0.15) is 28.8 Å². The molecule has 0 atom stereocenters. The highest BCUT2D eigenvalue weighted by atomic mass is 16.5. The van der Waals surface area contributed by atoms with E-state index in [0.29, 0.717) is 11.7 Å². The standard InChI is InChI=1S/C15H19N3O2/c1-18-14(16)13(17-15(18)9-4-5-9)11-8-10(19-2)6-7-12(11)20-3/h6-9H,4-5,16H2,1-3H3. The summed E-state index contributed by atoms with van der Waals surface area (Å²) in [5.74, 6) is 3.78. The molecular formula is C15H19N3O2.